The summed E-state index contributed by atoms with van der Waals surface area (Å²) in [5.41, 5.74) is 18.4. The molecular weight excluding hydrogens is 1010 g/mol. The van der Waals surface area contributed by atoms with E-state index in [-0.39, 0.29) is 0 Å². The van der Waals surface area contributed by atoms with E-state index in [0.717, 1.165) is 22.4 Å². The molecule has 4 heteroatoms. The number of aromatic amines is 1. The molecule has 0 bridgehead atoms. The third-order valence-corrected chi connectivity index (χ3v) is 15.1. The second-order valence-electron chi connectivity index (χ2n) is 20.0. The van der Waals surface area contributed by atoms with Gasteiger partial charge in [-0.15, -0.1) is 0 Å². The van der Waals surface area contributed by atoms with Crippen molar-refractivity contribution in [2.24, 2.45) is 0 Å². The van der Waals surface area contributed by atoms with Crippen LogP contribution in [0, 0.1) is 6.92 Å². The van der Waals surface area contributed by atoms with Crippen LogP contribution < -0.4 is 0 Å². The van der Waals surface area contributed by atoms with E-state index in [1.54, 1.807) is 6.07 Å². The normalized spacial score (nSPS) is 11.0. The summed E-state index contributed by atoms with van der Waals surface area (Å²) in [4.78, 5) is 12.7. The predicted molar refractivity (Wildman–Crippen MR) is 354 cm³/mol. The molecular formula is C78H62ClN3. The van der Waals surface area contributed by atoms with Crippen LogP contribution in [0.3, 0.4) is 0 Å². The van der Waals surface area contributed by atoms with Crippen molar-refractivity contribution < 1.29 is 0 Å². The maximum absolute atomic E-state index is 6.23. The van der Waals surface area contributed by atoms with Crippen LogP contribution in [0.4, 0.5) is 0 Å². The van der Waals surface area contributed by atoms with Crippen LogP contribution in [0.15, 0.2) is 292 Å². The van der Waals surface area contributed by atoms with E-state index in [2.05, 4.69) is 235 Å². The van der Waals surface area contributed by atoms with Gasteiger partial charge in [0.05, 0.1) is 11.2 Å². The van der Waals surface area contributed by atoms with Gasteiger partial charge in [0.1, 0.15) is 5.15 Å². The Hall–Kier alpha value is -9.93. The molecule has 3 nitrogen and oxygen atoms in total. The third kappa shape index (κ3) is 11.6. The average Bonchev–Trinajstić information content (AvgIpc) is 4.01. The molecule has 2 heterocycles. The molecule has 396 valence electrons. The Balaban J connectivity index is 0.000000152. The lowest BCUT2D eigenvalue weighted by Gasteiger charge is -2.13. The number of para-hydroxylation sites is 2. The zero-order valence-electron chi connectivity index (χ0n) is 46.6. The van der Waals surface area contributed by atoms with Crippen LogP contribution in [0.5, 0.6) is 0 Å². The van der Waals surface area contributed by atoms with Gasteiger partial charge < -0.3 is 4.98 Å². The van der Waals surface area contributed by atoms with Gasteiger partial charge in [0, 0.05) is 39.0 Å². The van der Waals surface area contributed by atoms with Crippen molar-refractivity contribution in [1.29, 1.82) is 0 Å². The van der Waals surface area contributed by atoms with E-state index in [9.17, 15) is 0 Å². The van der Waals surface area contributed by atoms with E-state index >= 15 is 0 Å². The van der Waals surface area contributed by atoms with Gasteiger partial charge in [-0.1, -0.05) is 287 Å². The lowest BCUT2D eigenvalue weighted by Crippen LogP contribution is -1.93. The molecule has 2 aromatic heterocycles. The molecule has 0 radical (unpaired) electrons. The minimum Gasteiger partial charge on any atom is -0.354 e. The molecule has 0 spiro atoms. The Bertz CT molecular complexity index is 4540. The number of H-pyrrole nitrogens is 1. The molecule has 0 aliphatic heterocycles. The smallest absolute Gasteiger partial charge is 0.161 e. The Morgan fingerprint density at radius 1 is 0.390 bits per heavy atom. The van der Waals surface area contributed by atoms with Gasteiger partial charge in [-0.3, -0.25) is 0 Å². The summed E-state index contributed by atoms with van der Waals surface area (Å²) in [7, 11) is 0. The topological polar surface area (TPSA) is 41.6 Å². The second kappa shape index (κ2) is 25.0. The van der Waals surface area contributed by atoms with Crippen molar-refractivity contribution >= 4 is 71.3 Å². The number of benzene rings is 12. The van der Waals surface area contributed by atoms with E-state index in [0.29, 0.717) is 11.0 Å². The van der Waals surface area contributed by atoms with E-state index < -0.39 is 0 Å². The quantitative estimate of drug-likeness (QED) is 0.0936. The van der Waals surface area contributed by atoms with Gasteiger partial charge in [0.2, 0.25) is 0 Å². The number of rotatable bonds is 8. The number of hydrogen-bond donors (Lipinski definition) is 1. The Kier molecular flexibility index (Phi) is 16.5. The fraction of sp³-hybridized carbons (Fsp3) is 0.0513. The number of allylic oxidation sites excluding steroid dienone is 3. The molecule has 14 aromatic rings. The van der Waals surface area contributed by atoms with Gasteiger partial charge in [-0.25, -0.2) is 9.97 Å². The van der Waals surface area contributed by atoms with E-state index in [1.807, 2.05) is 93.6 Å². The molecule has 0 fully saturated rings. The monoisotopic (exact) mass is 1080 g/mol. The van der Waals surface area contributed by atoms with Crippen molar-refractivity contribution in [1.82, 2.24) is 15.0 Å². The van der Waals surface area contributed by atoms with Crippen LogP contribution in [0.2, 0.25) is 5.15 Å². The summed E-state index contributed by atoms with van der Waals surface area (Å²) in [6, 6.07) is 96.1. The summed E-state index contributed by atoms with van der Waals surface area (Å²) in [5.74, 6) is 0.634. The summed E-state index contributed by atoms with van der Waals surface area (Å²) in [6.45, 7) is 12.1. The second-order valence-corrected chi connectivity index (χ2v) is 20.3. The SMILES string of the molecule is C=C(/C=C\C)c1ccccc1C.CC.Clc1cc(-c2ccc(-c3ccccc3)cc2)nc(-c2ccccc2)n1.c1cc(-c2cccc(-c3cccc4c3[nH]c3ccccc34)c2)cc(-c2ccc3c4ccccc4c4ccccc4c3c2)c1. The summed E-state index contributed by atoms with van der Waals surface area (Å²) >= 11 is 6.23. The Morgan fingerprint density at radius 3 is 1.48 bits per heavy atom. The first kappa shape index (κ1) is 54.0. The first-order valence-corrected chi connectivity index (χ1v) is 28.4. The van der Waals surface area contributed by atoms with Crippen molar-refractivity contribution in [3.63, 3.8) is 0 Å². The zero-order valence-corrected chi connectivity index (χ0v) is 47.4. The lowest BCUT2D eigenvalue weighted by molar-refractivity contribution is 1.18. The van der Waals surface area contributed by atoms with Gasteiger partial charge in [-0.05, 0) is 126 Å². The first-order valence-electron chi connectivity index (χ1n) is 28.0. The maximum atomic E-state index is 6.23. The van der Waals surface area contributed by atoms with Crippen LogP contribution >= 0.6 is 11.6 Å². The van der Waals surface area contributed by atoms with Gasteiger partial charge in [0.15, 0.2) is 5.82 Å². The predicted octanol–water partition coefficient (Wildman–Crippen LogP) is 22.5. The molecule has 0 unspecified atom stereocenters. The highest BCUT2D eigenvalue weighted by Gasteiger charge is 2.14. The standard InChI is InChI=1S/C42H27N.C22H15ClN2.C12H14.C2H6/c1-2-16-35-33(14-1)34-15-3-4-17-36(34)40-26-30(22-23-37(35)40)28-11-7-10-27(24-28)29-12-8-13-31(25-29)32-19-9-20-39-38-18-5-6-21-41(38)43-42(32)39;23-21-15-20(24-22(25-21)19-9-5-2-6-10-19)18-13-11-17(12-14-18)16-7-3-1-4-8-16;1-4-7-10(2)12-9-6-5-8-11(12)3;1-2/h1-26,43H;1-15H;4-9H,2H2,1,3H3;1-2H3/b;;7-4-;. The van der Waals surface area contributed by atoms with Crippen molar-refractivity contribution in [3.05, 3.63) is 308 Å². The minimum absolute atomic E-state index is 0.441. The Labute approximate surface area is 486 Å². The summed E-state index contributed by atoms with van der Waals surface area (Å²) in [5, 5.41) is 10.8. The fourth-order valence-electron chi connectivity index (χ4n) is 10.9. The third-order valence-electron chi connectivity index (χ3n) is 14.9. The number of halogens is 1. The molecule has 0 atom stereocenters. The lowest BCUT2D eigenvalue weighted by atomic mass is 9.91. The molecule has 0 saturated carbocycles. The minimum atomic E-state index is 0.441. The molecule has 82 heavy (non-hydrogen) atoms. The molecule has 12 aromatic carbocycles. The van der Waals surface area contributed by atoms with Crippen molar-refractivity contribution in [3.8, 4) is 67.2 Å². The molecule has 1 N–H and O–H groups in total. The fourth-order valence-corrected chi connectivity index (χ4v) is 11.1. The van der Waals surface area contributed by atoms with Crippen LogP contribution in [0.1, 0.15) is 31.9 Å². The summed E-state index contributed by atoms with van der Waals surface area (Å²) in [6.07, 6.45) is 4.04. The van der Waals surface area contributed by atoms with Gasteiger partial charge in [0.25, 0.3) is 0 Å². The van der Waals surface area contributed by atoms with Crippen molar-refractivity contribution in [2.75, 3.05) is 0 Å². The highest BCUT2D eigenvalue weighted by molar-refractivity contribution is 6.29. The number of nitrogens with one attached hydrogen (secondary N) is 1. The van der Waals surface area contributed by atoms with E-state index in [4.69, 9.17) is 11.6 Å². The molecule has 0 aliphatic carbocycles. The maximum Gasteiger partial charge on any atom is 0.161 e. The average molecular weight is 1080 g/mol. The van der Waals surface area contributed by atoms with Gasteiger partial charge in [-0.2, -0.15) is 0 Å². The highest BCUT2D eigenvalue weighted by Crippen LogP contribution is 2.39. The zero-order chi connectivity index (χ0) is 56.4. The first-order chi connectivity index (χ1) is 40.4. The number of fused-ring (bicyclic) bond motifs is 9. The van der Waals surface area contributed by atoms with Crippen LogP contribution in [-0.4, -0.2) is 15.0 Å². The molecule has 0 saturated heterocycles. The molecule has 14 rings (SSSR count). The summed E-state index contributed by atoms with van der Waals surface area (Å²) < 4.78 is 0. The number of aromatic nitrogens is 3. The Morgan fingerprint density at radius 2 is 0.841 bits per heavy atom. The number of aryl methyl sites for hydroxylation is 1. The molecule has 0 aliphatic rings. The number of hydrogen-bond acceptors (Lipinski definition) is 2. The van der Waals surface area contributed by atoms with Crippen molar-refractivity contribution in [2.45, 2.75) is 27.7 Å². The van der Waals surface area contributed by atoms with Crippen LogP contribution in [-0.2, 0) is 0 Å². The van der Waals surface area contributed by atoms with Crippen LogP contribution in [0.25, 0.3) is 127 Å². The van der Waals surface area contributed by atoms with E-state index in [1.165, 1.54) is 110 Å². The van der Waals surface area contributed by atoms with Gasteiger partial charge >= 0.3 is 0 Å². The highest BCUT2D eigenvalue weighted by atomic mass is 35.5. The largest absolute Gasteiger partial charge is 0.354 e. The molecule has 0 amide bonds. The number of nitrogens with zero attached hydrogens (tertiary/aromatic N) is 2.